The molecular formula is C53H75N13O11S. The van der Waals surface area contributed by atoms with E-state index in [1.807, 2.05) is 87.2 Å². The number of urea groups is 1. The van der Waals surface area contributed by atoms with Gasteiger partial charge in [-0.3, -0.25) is 53.2 Å². The number of primary amides is 4. The summed E-state index contributed by atoms with van der Waals surface area (Å²) >= 11 is 5.63. The van der Waals surface area contributed by atoms with E-state index in [1.165, 1.54) is 6.92 Å². The molecule has 3 aromatic carbocycles. The molecule has 0 bridgehead atoms. The zero-order valence-corrected chi connectivity index (χ0v) is 45.1. The molecular weight excluding hydrogens is 1030 g/mol. The van der Waals surface area contributed by atoms with Crippen molar-refractivity contribution < 1.29 is 53.4 Å². The quantitative estimate of drug-likeness (QED) is 0.0336. The lowest BCUT2D eigenvalue weighted by Crippen LogP contribution is -2.54. The van der Waals surface area contributed by atoms with E-state index < -0.39 is 59.5 Å². The molecule has 4 rings (SSSR count). The van der Waals surface area contributed by atoms with Gasteiger partial charge in [0.1, 0.15) is 6.04 Å². The van der Waals surface area contributed by atoms with Crippen LogP contribution in [0.5, 0.6) is 0 Å². The third-order valence-corrected chi connectivity index (χ3v) is 13.2. The van der Waals surface area contributed by atoms with Gasteiger partial charge in [0.05, 0.1) is 32.2 Å². The molecule has 1 saturated heterocycles. The summed E-state index contributed by atoms with van der Waals surface area (Å²) in [6, 6.07) is 18.8. The highest BCUT2D eigenvalue weighted by Gasteiger charge is 2.28. The molecule has 1 aliphatic rings. The number of hydrogen-bond acceptors (Lipinski definition) is 14. The number of anilines is 1. The minimum absolute atomic E-state index is 0.0251. The number of hydrogen-bond donors (Lipinski definition) is 10. The maximum atomic E-state index is 14.0. The van der Waals surface area contributed by atoms with E-state index in [4.69, 9.17) is 40.3 Å². The maximum absolute atomic E-state index is 14.0. The fraction of sp³-hybridized carbons (Fsp3) is 0.472. The molecule has 1 aliphatic heterocycles. The summed E-state index contributed by atoms with van der Waals surface area (Å²) in [5, 5.41) is 30.3. The summed E-state index contributed by atoms with van der Waals surface area (Å²) in [5.74, 6) is -5.28. The summed E-state index contributed by atoms with van der Waals surface area (Å²) < 4.78 is 0. The van der Waals surface area contributed by atoms with Crippen molar-refractivity contribution >= 4 is 76.3 Å². The van der Waals surface area contributed by atoms with Crippen molar-refractivity contribution in [3.8, 4) is 0 Å². The first kappa shape index (κ1) is 63.0. The first-order valence-electron chi connectivity index (χ1n) is 25.7. The topological polar surface area (TPSA) is 362 Å². The number of carboxylic acids is 2. The lowest BCUT2D eigenvalue weighted by atomic mass is 10.0. The molecule has 0 saturated carbocycles. The highest BCUT2D eigenvalue weighted by Crippen LogP contribution is 2.18. The molecule has 1 fully saturated rings. The predicted molar refractivity (Wildman–Crippen MR) is 295 cm³/mol. The molecule has 0 aromatic heterocycles. The first-order chi connectivity index (χ1) is 37.0. The molecule has 0 radical (unpaired) electrons. The standard InChI is InChI=1S/C53H75N13O11S/c1-35-6-8-39(9-7-35)29-66(20-4-3-5-44(51(75)76)61-52(77)60-43(36(2)67)18-19-49(72)73)50(74)40-14-10-38(11-15-40)28-58-53(78)59-41-16-12-37(13-17-41)27-42-30-64(33-47(56)70)24-23-62(31-45(54)68)21-22-63(32-46(55)69)25-26-65(42)34-48(57)71/h6-17,42-44H,3-5,18-34H2,1-2H3,(H2,54,68)(H2,55,69)(H2,56,70)(H2,57,71)(H,72,73)(H,75,76)(H2,58,59,78)(H2,60,61,77)/t42?,43-,44-/m1/s1. The Morgan fingerprint density at radius 1 is 0.654 bits per heavy atom. The van der Waals surface area contributed by atoms with Crippen LogP contribution in [0.3, 0.4) is 0 Å². The van der Waals surface area contributed by atoms with E-state index in [1.54, 1.807) is 17.0 Å². The van der Waals surface area contributed by atoms with Crippen LogP contribution in [0, 0.1) is 6.92 Å². The van der Waals surface area contributed by atoms with Crippen molar-refractivity contribution in [3.63, 3.8) is 0 Å². The number of benzene rings is 3. The monoisotopic (exact) mass is 1100 g/mol. The van der Waals surface area contributed by atoms with Gasteiger partial charge < -0.3 is 59.3 Å². The number of amides is 7. The Hall–Kier alpha value is -7.58. The lowest BCUT2D eigenvalue weighted by Gasteiger charge is -2.38. The molecule has 14 N–H and O–H groups in total. The highest BCUT2D eigenvalue weighted by atomic mass is 32.1. The van der Waals surface area contributed by atoms with E-state index in [9.17, 15) is 48.3 Å². The van der Waals surface area contributed by atoms with Gasteiger partial charge >= 0.3 is 18.0 Å². The molecule has 3 aromatic rings. The summed E-state index contributed by atoms with van der Waals surface area (Å²) in [5.41, 5.74) is 27.4. The third kappa shape index (κ3) is 23.8. The molecule has 0 spiro atoms. The number of thiocarbonyl (C=S) groups is 1. The summed E-state index contributed by atoms with van der Waals surface area (Å²) in [7, 11) is 0. The number of carboxylic acid groups (broad SMARTS) is 2. The maximum Gasteiger partial charge on any atom is 0.326 e. The minimum Gasteiger partial charge on any atom is -0.481 e. The zero-order chi connectivity index (χ0) is 57.3. The first-order valence-corrected chi connectivity index (χ1v) is 26.1. The number of nitrogens with one attached hydrogen (secondary N) is 4. The number of carbonyl (C=O) groups is 9. The average molecular weight is 1100 g/mol. The number of unbranched alkanes of at least 4 members (excludes halogenated alkanes) is 1. The Morgan fingerprint density at radius 2 is 1.18 bits per heavy atom. The fourth-order valence-corrected chi connectivity index (χ4v) is 9.04. The van der Waals surface area contributed by atoms with Gasteiger partial charge in [-0.1, -0.05) is 54.1 Å². The second-order valence-corrected chi connectivity index (χ2v) is 19.9. The summed E-state index contributed by atoms with van der Waals surface area (Å²) in [6.45, 7) is 6.37. The van der Waals surface area contributed by atoms with Crippen LogP contribution >= 0.6 is 12.2 Å². The normalized spacial score (nSPS) is 15.7. The van der Waals surface area contributed by atoms with Gasteiger partial charge in [-0.15, -0.1) is 0 Å². The number of aryl methyl sites for hydroxylation is 1. The summed E-state index contributed by atoms with van der Waals surface area (Å²) in [6.07, 6.45) is 0.695. The molecule has 0 aliphatic carbocycles. The number of nitrogens with two attached hydrogens (primary N) is 4. The van der Waals surface area contributed by atoms with Crippen molar-refractivity contribution in [2.45, 2.75) is 83.6 Å². The van der Waals surface area contributed by atoms with Gasteiger partial charge in [0, 0.05) is 89.2 Å². The molecule has 25 heteroatoms. The zero-order valence-electron chi connectivity index (χ0n) is 44.3. The molecule has 78 heavy (non-hydrogen) atoms. The van der Waals surface area contributed by atoms with Crippen molar-refractivity contribution in [2.24, 2.45) is 22.9 Å². The van der Waals surface area contributed by atoms with Gasteiger partial charge in [-0.25, -0.2) is 9.59 Å². The van der Waals surface area contributed by atoms with Crippen LogP contribution in [-0.2, 0) is 53.1 Å². The van der Waals surface area contributed by atoms with Crippen LogP contribution in [0.1, 0.15) is 71.6 Å². The smallest absolute Gasteiger partial charge is 0.326 e. The van der Waals surface area contributed by atoms with E-state index in [0.717, 1.165) is 22.3 Å². The van der Waals surface area contributed by atoms with Crippen LogP contribution in [0.15, 0.2) is 72.8 Å². The van der Waals surface area contributed by atoms with Gasteiger partial charge in [0.2, 0.25) is 23.6 Å². The van der Waals surface area contributed by atoms with E-state index >= 15 is 0 Å². The Kier molecular flexibility index (Phi) is 26.0. The van der Waals surface area contributed by atoms with Crippen LogP contribution in [0.25, 0.3) is 0 Å². The molecule has 1 unspecified atom stereocenters. The number of ketones is 1. The SMILES string of the molecule is CC(=O)[C@@H](CCC(=O)O)NC(=O)N[C@H](CCCCN(Cc1ccc(C)cc1)C(=O)c1ccc(CNC(=S)Nc2ccc(CC3CN(CC(N)=O)CCN(CC(N)=O)CCN(CC(N)=O)CCN3CC(N)=O)cc2)cc1)C(=O)O. The number of aliphatic carboxylic acids is 2. The van der Waals surface area contributed by atoms with Crippen molar-refractivity contribution in [3.05, 3.63) is 101 Å². The number of rotatable bonds is 28. The summed E-state index contributed by atoms with van der Waals surface area (Å²) in [4.78, 5) is 120. The second kappa shape index (κ2) is 32.2. The lowest BCUT2D eigenvalue weighted by molar-refractivity contribution is -0.139. The predicted octanol–water partition coefficient (Wildman–Crippen LogP) is -0.0570. The van der Waals surface area contributed by atoms with Crippen LogP contribution < -0.4 is 44.2 Å². The van der Waals surface area contributed by atoms with Crippen LogP contribution in [-0.4, -0.2) is 190 Å². The van der Waals surface area contributed by atoms with E-state index in [2.05, 4.69) is 21.3 Å². The van der Waals surface area contributed by atoms with Crippen LogP contribution in [0.4, 0.5) is 10.5 Å². The number of Topliss-reactive ketones (excluding diaryl/α,β-unsaturated/α-hetero) is 1. The number of carbonyl (C=O) groups excluding carboxylic acids is 7. The second-order valence-electron chi connectivity index (χ2n) is 19.5. The largest absolute Gasteiger partial charge is 0.481 e. The Morgan fingerprint density at radius 3 is 1.73 bits per heavy atom. The van der Waals surface area contributed by atoms with Crippen molar-refractivity contribution in [2.75, 3.05) is 83.9 Å². The molecule has 1 heterocycles. The van der Waals surface area contributed by atoms with Crippen molar-refractivity contribution in [1.29, 1.82) is 0 Å². The molecule has 24 nitrogen and oxygen atoms in total. The minimum atomic E-state index is -1.30. The van der Waals surface area contributed by atoms with Gasteiger partial charge in [0.25, 0.3) is 5.91 Å². The Balaban J connectivity index is 1.38. The van der Waals surface area contributed by atoms with Gasteiger partial charge in [0.15, 0.2) is 10.9 Å². The average Bonchev–Trinajstić information content (AvgIpc) is 3.37. The molecule has 7 amide bonds. The van der Waals surface area contributed by atoms with Gasteiger partial charge in [-0.2, -0.15) is 0 Å². The highest BCUT2D eigenvalue weighted by molar-refractivity contribution is 7.80. The molecule has 424 valence electrons. The van der Waals surface area contributed by atoms with E-state index in [0.29, 0.717) is 88.0 Å². The third-order valence-electron chi connectivity index (χ3n) is 13.0. The van der Waals surface area contributed by atoms with Crippen molar-refractivity contribution in [1.82, 2.24) is 40.4 Å². The van der Waals surface area contributed by atoms with Crippen LogP contribution in [0.2, 0.25) is 0 Å². The fourth-order valence-electron chi connectivity index (χ4n) is 8.85. The number of nitrogens with zero attached hydrogens (tertiary/aromatic N) is 5. The molecule has 3 atom stereocenters. The Bertz CT molecular complexity index is 2540. The Labute approximate surface area is 459 Å². The van der Waals surface area contributed by atoms with Gasteiger partial charge in [-0.05, 0) is 99.1 Å². The van der Waals surface area contributed by atoms with E-state index in [-0.39, 0.29) is 70.5 Å².